The SMILES string of the molecule is COc1cc(C(=O)NC(C(=O)O)c2ccc(C)c(C)c2)ccc1OC(C)C. The van der Waals surface area contributed by atoms with E-state index in [4.69, 9.17) is 9.47 Å². The third kappa shape index (κ3) is 5.00. The fraction of sp³-hybridized carbons (Fsp3) is 0.333. The molecule has 2 aromatic rings. The summed E-state index contributed by atoms with van der Waals surface area (Å²) >= 11 is 0. The van der Waals surface area contributed by atoms with Gasteiger partial charge in [0.2, 0.25) is 0 Å². The minimum atomic E-state index is -1.14. The number of aryl methyl sites for hydroxylation is 2. The molecule has 2 rings (SSSR count). The van der Waals surface area contributed by atoms with Gasteiger partial charge in [-0.1, -0.05) is 18.2 Å². The van der Waals surface area contributed by atoms with Crippen LogP contribution < -0.4 is 14.8 Å². The first-order valence-corrected chi connectivity index (χ1v) is 8.68. The Morgan fingerprint density at radius 1 is 1.00 bits per heavy atom. The number of carboxylic acid groups (broad SMARTS) is 1. The molecule has 2 N–H and O–H groups in total. The molecule has 1 atom stereocenters. The molecule has 0 saturated heterocycles. The maximum Gasteiger partial charge on any atom is 0.330 e. The van der Waals surface area contributed by atoms with Crippen molar-refractivity contribution in [2.45, 2.75) is 39.8 Å². The molecule has 0 heterocycles. The lowest BCUT2D eigenvalue weighted by atomic mass is 10.0. The second-order valence-corrected chi connectivity index (χ2v) is 6.62. The van der Waals surface area contributed by atoms with Crippen LogP contribution in [0.1, 0.15) is 46.9 Å². The van der Waals surface area contributed by atoms with Gasteiger partial charge in [-0.15, -0.1) is 0 Å². The first kappa shape index (κ1) is 20.3. The highest BCUT2D eigenvalue weighted by atomic mass is 16.5. The molecule has 0 radical (unpaired) electrons. The van der Waals surface area contributed by atoms with Crippen molar-refractivity contribution >= 4 is 11.9 Å². The summed E-state index contributed by atoms with van der Waals surface area (Å²) in [6.45, 7) is 7.63. The van der Waals surface area contributed by atoms with E-state index in [0.717, 1.165) is 11.1 Å². The van der Waals surface area contributed by atoms with E-state index in [2.05, 4.69) is 5.32 Å². The quantitative estimate of drug-likeness (QED) is 0.776. The minimum absolute atomic E-state index is 0.0419. The Morgan fingerprint density at radius 2 is 1.70 bits per heavy atom. The molecule has 27 heavy (non-hydrogen) atoms. The highest BCUT2D eigenvalue weighted by molar-refractivity contribution is 5.97. The van der Waals surface area contributed by atoms with Crippen molar-refractivity contribution in [2.24, 2.45) is 0 Å². The molecule has 6 heteroatoms. The van der Waals surface area contributed by atoms with Crippen molar-refractivity contribution in [1.82, 2.24) is 5.32 Å². The number of hydrogen-bond donors (Lipinski definition) is 2. The van der Waals surface area contributed by atoms with Crippen LogP contribution in [0.2, 0.25) is 0 Å². The van der Waals surface area contributed by atoms with Gasteiger partial charge in [0.25, 0.3) is 5.91 Å². The summed E-state index contributed by atoms with van der Waals surface area (Å²) in [6, 6.07) is 8.93. The highest BCUT2D eigenvalue weighted by Gasteiger charge is 2.23. The zero-order valence-electron chi connectivity index (χ0n) is 16.2. The van der Waals surface area contributed by atoms with Crippen LogP contribution in [0.4, 0.5) is 0 Å². The second kappa shape index (κ2) is 8.58. The van der Waals surface area contributed by atoms with Crippen molar-refractivity contribution in [3.8, 4) is 11.5 Å². The molecule has 0 saturated carbocycles. The van der Waals surface area contributed by atoms with Gasteiger partial charge in [0, 0.05) is 5.56 Å². The summed E-state index contributed by atoms with van der Waals surface area (Å²) in [6.07, 6.45) is -0.0419. The third-order valence-electron chi connectivity index (χ3n) is 4.18. The van der Waals surface area contributed by atoms with Crippen molar-refractivity contribution < 1.29 is 24.2 Å². The number of hydrogen-bond acceptors (Lipinski definition) is 4. The Kier molecular flexibility index (Phi) is 6.45. The number of carbonyl (C=O) groups excluding carboxylic acids is 1. The molecule has 6 nitrogen and oxygen atoms in total. The molecule has 0 aliphatic heterocycles. The smallest absolute Gasteiger partial charge is 0.330 e. The third-order valence-corrected chi connectivity index (χ3v) is 4.18. The highest BCUT2D eigenvalue weighted by Crippen LogP contribution is 2.29. The van der Waals surface area contributed by atoms with Gasteiger partial charge in [-0.2, -0.15) is 0 Å². The molecule has 0 aliphatic carbocycles. The van der Waals surface area contributed by atoms with Gasteiger partial charge in [-0.05, 0) is 62.6 Å². The number of methoxy groups -OCH3 is 1. The van der Waals surface area contributed by atoms with E-state index in [-0.39, 0.29) is 11.7 Å². The summed E-state index contributed by atoms with van der Waals surface area (Å²) in [4.78, 5) is 24.3. The predicted octanol–water partition coefficient (Wildman–Crippen LogP) is 3.65. The standard InChI is InChI=1S/C21H25NO5/c1-12(2)27-17-9-8-16(11-18(17)26-5)20(23)22-19(21(24)25)15-7-6-13(3)14(4)10-15/h6-12,19H,1-5H3,(H,22,23)(H,24,25). The topological polar surface area (TPSA) is 84.9 Å². The van der Waals surface area contributed by atoms with Gasteiger partial charge >= 0.3 is 5.97 Å². The van der Waals surface area contributed by atoms with E-state index in [9.17, 15) is 14.7 Å². The predicted molar refractivity (Wildman–Crippen MR) is 103 cm³/mol. The summed E-state index contributed by atoms with van der Waals surface area (Å²) in [5, 5.41) is 12.1. The molecule has 0 aromatic heterocycles. The van der Waals surface area contributed by atoms with Gasteiger partial charge in [-0.3, -0.25) is 4.79 Å². The Bertz CT molecular complexity index is 844. The van der Waals surface area contributed by atoms with Crippen molar-refractivity contribution in [1.29, 1.82) is 0 Å². The normalized spacial score (nSPS) is 11.8. The van der Waals surface area contributed by atoms with E-state index in [1.807, 2.05) is 33.8 Å². The average molecular weight is 371 g/mol. The molecular weight excluding hydrogens is 346 g/mol. The van der Waals surface area contributed by atoms with Crippen molar-refractivity contribution in [3.05, 3.63) is 58.7 Å². The summed E-state index contributed by atoms with van der Waals surface area (Å²) in [5.41, 5.74) is 2.83. The van der Waals surface area contributed by atoms with Gasteiger partial charge in [0.15, 0.2) is 17.5 Å². The Hall–Kier alpha value is -3.02. The lowest BCUT2D eigenvalue weighted by molar-refractivity contribution is -0.139. The fourth-order valence-corrected chi connectivity index (χ4v) is 2.61. The lowest BCUT2D eigenvalue weighted by Crippen LogP contribution is -2.33. The van der Waals surface area contributed by atoms with Crippen LogP contribution in [0.15, 0.2) is 36.4 Å². The van der Waals surface area contributed by atoms with Crippen LogP contribution in [0, 0.1) is 13.8 Å². The number of carboxylic acids is 1. The molecule has 0 fully saturated rings. The number of ether oxygens (including phenoxy) is 2. The molecule has 0 aliphatic rings. The number of amides is 1. The Balaban J connectivity index is 2.27. The number of carbonyl (C=O) groups is 2. The Labute approximate surface area is 159 Å². The van der Waals surface area contributed by atoms with E-state index < -0.39 is 17.9 Å². The van der Waals surface area contributed by atoms with Gasteiger partial charge < -0.3 is 19.9 Å². The van der Waals surface area contributed by atoms with Crippen LogP contribution in [0.25, 0.3) is 0 Å². The first-order valence-electron chi connectivity index (χ1n) is 8.68. The molecule has 0 bridgehead atoms. The van der Waals surface area contributed by atoms with E-state index >= 15 is 0 Å². The zero-order chi connectivity index (χ0) is 20.1. The van der Waals surface area contributed by atoms with E-state index in [0.29, 0.717) is 17.1 Å². The molecule has 1 unspecified atom stereocenters. The van der Waals surface area contributed by atoms with Crippen molar-refractivity contribution in [3.63, 3.8) is 0 Å². The number of nitrogens with one attached hydrogen (secondary N) is 1. The van der Waals surface area contributed by atoms with Crippen LogP contribution in [-0.2, 0) is 4.79 Å². The van der Waals surface area contributed by atoms with Gasteiger partial charge in [0.1, 0.15) is 0 Å². The van der Waals surface area contributed by atoms with Gasteiger partial charge in [-0.25, -0.2) is 4.79 Å². The maximum absolute atomic E-state index is 12.6. The Morgan fingerprint density at radius 3 is 2.26 bits per heavy atom. The monoisotopic (exact) mass is 371 g/mol. The van der Waals surface area contributed by atoms with Crippen LogP contribution in [-0.4, -0.2) is 30.2 Å². The van der Waals surface area contributed by atoms with Gasteiger partial charge in [0.05, 0.1) is 13.2 Å². The summed E-state index contributed by atoms with van der Waals surface area (Å²) in [7, 11) is 1.49. The maximum atomic E-state index is 12.6. The largest absolute Gasteiger partial charge is 0.493 e. The van der Waals surface area contributed by atoms with Crippen LogP contribution in [0.3, 0.4) is 0 Å². The zero-order valence-corrected chi connectivity index (χ0v) is 16.2. The first-order chi connectivity index (χ1) is 12.7. The number of rotatable bonds is 7. The lowest BCUT2D eigenvalue weighted by Gasteiger charge is -2.17. The molecule has 1 amide bonds. The molecule has 144 valence electrons. The van der Waals surface area contributed by atoms with Crippen LogP contribution >= 0.6 is 0 Å². The number of benzene rings is 2. The fourth-order valence-electron chi connectivity index (χ4n) is 2.61. The molecular formula is C21H25NO5. The van der Waals surface area contributed by atoms with Crippen molar-refractivity contribution in [2.75, 3.05) is 7.11 Å². The molecule has 2 aromatic carbocycles. The number of aliphatic carboxylic acids is 1. The summed E-state index contributed by atoms with van der Waals surface area (Å²) < 4.78 is 10.9. The minimum Gasteiger partial charge on any atom is -0.493 e. The van der Waals surface area contributed by atoms with E-state index in [1.54, 1.807) is 24.3 Å². The summed E-state index contributed by atoms with van der Waals surface area (Å²) in [5.74, 6) is -0.698. The average Bonchev–Trinajstić information content (AvgIpc) is 2.61. The molecule has 0 spiro atoms. The van der Waals surface area contributed by atoms with Crippen LogP contribution in [0.5, 0.6) is 11.5 Å². The second-order valence-electron chi connectivity index (χ2n) is 6.62. The van der Waals surface area contributed by atoms with E-state index in [1.165, 1.54) is 13.2 Å².